The molecule has 2 atom stereocenters. The smallest absolute Gasteiger partial charge is 0.259 e. The minimum atomic E-state index is -1.04. The number of carbonyl (C=O) groups excluding carboxylic acids is 1. The topological polar surface area (TPSA) is 60.9 Å². The van der Waals surface area contributed by atoms with Crippen LogP contribution in [0.3, 0.4) is 0 Å². The molecule has 6 nitrogen and oxygen atoms in total. The zero-order chi connectivity index (χ0) is 19.4. The second kappa shape index (κ2) is 8.67. The highest BCUT2D eigenvalue weighted by atomic mass is 16.7. The zero-order valence-corrected chi connectivity index (χ0v) is 16.7. The third kappa shape index (κ3) is 4.33. The average Bonchev–Trinajstić information content (AvgIpc) is 3.49. The van der Waals surface area contributed by atoms with Gasteiger partial charge in [-0.15, -0.1) is 0 Å². The maximum atomic E-state index is 12.8. The van der Waals surface area contributed by atoms with Gasteiger partial charge in [-0.25, -0.2) is 0 Å². The Labute approximate surface area is 162 Å². The molecular weight excluding hydrogens is 344 g/mol. The van der Waals surface area contributed by atoms with Crippen LogP contribution >= 0.6 is 0 Å². The van der Waals surface area contributed by atoms with Crippen molar-refractivity contribution in [3.63, 3.8) is 0 Å². The molecule has 1 aliphatic heterocycles. The minimum absolute atomic E-state index is 0.0404. The Morgan fingerprint density at radius 1 is 1.33 bits per heavy atom. The maximum Gasteiger partial charge on any atom is 0.259 e. The summed E-state index contributed by atoms with van der Waals surface area (Å²) in [6, 6.07) is 1.78. The van der Waals surface area contributed by atoms with Crippen molar-refractivity contribution < 1.29 is 19.0 Å². The molecule has 1 aromatic rings. The van der Waals surface area contributed by atoms with Crippen molar-refractivity contribution in [3.8, 4) is 0 Å². The molecule has 2 heterocycles. The molecule has 0 bridgehead atoms. The summed E-state index contributed by atoms with van der Waals surface area (Å²) in [5.74, 6) is 0.822. The van der Waals surface area contributed by atoms with E-state index in [1.807, 2.05) is 6.20 Å². The van der Waals surface area contributed by atoms with Crippen LogP contribution in [-0.4, -0.2) is 55.2 Å². The van der Waals surface area contributed by atoms with Crippen LogP contribution in [-0.2, 0) is 31.8 Å². The Kier molecular flexibility index (Phi) is 6.50. The summed E-state index contributed by atoms with van der Waals surface area (Å²) in [6.45, 7) is 6.47. The number of methoxy groups -OCH3 is 2. The van der Waals surface area contributed by atoms with Crippen LogP contribution in [0.15, 0.2) is 12.3 Å². The molecule has 1 aliphatic carbocycles. The van der Waals surface area contributed by atoms with E-state index in [-0.39, 0.29) is 25.5 Å². The Balaban J connectivity index is 1.72. The summed E-state index contributed by atoms with van der Waals surface area (Å²) in [5, 5.41) is 0. The van der Waals surface area contributed by atoms with Gasteiger partial charge in [-0.3, -0.25) is 9.78 Å². The van der Waals surface area contributed by atoms with Gasteiger partial charge in [-0.2, -0.15) is 0 Å². The molecule has 1 aromatic heterocycles. The minimum Gasteiger partial charge on any atom is -0.364 e. The van der Waals surface area contributed by atoms with Crippen molar-refractivity contribution >= 4 is 5.91 Å². The fourth-order valence-electron chi connectivity index (χ4n) is 3.80. The lowest BCUT2D eigenvalue weighted by molar-refractivity contribution is -0.226. The highest BCUT2D eigenvalue weighted by Gasteiger charge is 2.60. The van der Waals surface area contributed by atoms with Crippen molar-refractivity contribution in [1.82, 2.24) is 9.88 Å². The number of rotatable bonds is 11. The van der Waals surface area contributed by atoms with Crippen LogP contribution < -0.4 is 0 Å². The van der Waals surface area contributed by atoms with Crippen LogP contribution in [0.25, 0.3) is 0 Å². The lowest BCUT2D eigenvalue weighted by Gasteiger charge is -2.53. The van der Waals surface area contributed by atoms with Gasteiger partial charge in [-0.1, -0.05) is 19.3 Å². The number of likely N-dealkylation sites (tertiary alicyclic amines) is 1. The normalized spacial score (nSPS) is 25.0. The highest BCUT2D eigenvalue weighted by molar-refractivity contribution is 5.93. The number of pyridine rings is 1. The molecule has 1 saturated heterocycles. The fourth-order valence-corrected chi connectivity index (χ4v) is 3.80. The first-order valence-electron chi connectivity index (χ1n) is 9.72. The predicted molar refractivity (Wildman–Crippen MR) is 102 cm³/mol. The first-order chi connectivity index (χ1) is 13.0. The number of aryl methyl sites for hydroxylation is 2. The van der Waals surface area contributed by atoms with E-state index in [9.17, 15) is 4.79 Å². The quantitative estimate of drug-likeness (QED) is 0.440. The van der Waals surface area contributed by atoms with Crippen LogP contribution in [0.1, 0.15) is 42.5 Å². The Morgan fingerprint density at radius 2 is 2.11 bits per heavy atom. The summed E-state index contributed by atoms with van der Waals surface area (Å²) in [4.78, 5) is 18.9. The Morgan fingerprint density at radius 3 is 2.74 bits per heavy atom. The number of hydrogen-bond donors (Lipinski definition) is 0. The standard InChI is InChI=1S/C21H31N2O4/c1-15-12-22-19(10-18(15)7-5-6-17-8-9-17)11-21(27-14-26-4)16(2)23(13-25-3)20(21)24/h10,12,16-17H,2,5-9,11,13-14H2,1,3-4H3/t16-,21-/m1/s1. The van der Waals surface area contributed by atoms with Gasteiger partial charge in [0.25, 0.3) is 5.91 Å². The van der Waals surface area contributed by atoms with Gasteiger partial charge < -0.3 is 19.1 Å². The van der Waals surface area contributed by atoms with E-state index in [0.29, 0.717) is 6.42 Å². The van der Waals surface area contributed by atoms with E-state index in [0.717, 1.165) is 18.0 Å². The number of aromatic nitrogens is 1. The second-order valence-electron chi connectivity index (χ2n) is 7.76. The zero-order valence-electron chi connectivity index (χ0n) is 16.7. The van der Waals surface area contributed by atoms with E-state index in [2.05, 4.69) is 24.9 Å². The van der Waals surface area contributed by atoms with Gasteiger partial charge in [0.1, 0.15) is 13.5 Å². The first kappa shape index (κ1) is 20.2. The van der Waals surface area contributed by atoms with Crippen molar-refractivity contribution in [1.29, 1.82) is 0 Å². The largest absolute Gasteiger partial charge is 0.364 e. The third-order valence-electron chi connectivity index (χ3n) is 5.71. The molecular formula is C21H31N2O4. The molecule has 2 fully saturated rings. The van der Waals surface area contributed by atoms with E-state index in [4.69, 9.17) is 14.2 Å². The number of ether oxygens (including phenoxy) is 3. The second-order valence-corrected chi connectivity index (χ2v) is 7.76. The molecule has 27 heavy (non-hydrogen) atoms. The van der Waals surface area contributed by atoms with E-state index < -0.39 is 5.60 Å². The summed E-state index contributed by atoms with van der Waals surface area (Å²) in [6.07, 6.45) is 8.65. The van der Waals surface area contributed by atoms with Gasteiger partial charge >= 0.3 is 0 Å². The molecule has 6 heteroatoms. The molecule has 0 spiro atoms. The van der Waals surface area contributed by atoms with Crippen molar-refractivity contribution in [2.45, 2.75) is 57.1 Å². The lowest BCUT2D eigenvalue weighted by atomic mass is 9.79. The Bertz CT molecular complexity index is 662. The monoisotopic (exact) mass is 375 g/mol. The molecule has 0 aromatic carbocycles. The Hall–Kier alpha value is -1.50. The first-order valence-corrected chi connectivity index (χ1v) is 9.72. The number of hydrogen-bond acceptors (Lipinski definition) is 5. The maximum absolute atomic E-state index is 12.8. The summed E-state index contributed by atoms with van der Waals surface area (Å²) in [7, 11) is 3.11. The van der Waals surface area contributed by atoms with Gasteiger partial charge in [0, 0.05) is 32.5 Å². The molecule has 3 rings (SSSR count). The molecule has 2 aliphatic rings. The van der Waals surface area contributed by atoms with E-state index >= 15 is 0 Å². The average molecular weight is 375 g/mol. The van der Waals surface area contributed by atoms with Crippen molar-refractivity contribution in [3.05, 3.63) is 36.0 Å². The fraction of sp³-hybridized carbons (Fsp3) is 0.667. The van der Waals surface area contributed by atoms with Gasteiger partial charge in [0.05, 0.1) is 6.04 Å². The van der Waals surface area contributed by atoms with Gasteiger partial charge in [0.2, 0.25) is 0 Å². The van der Waals surface area contributed by atoms with Crippen molar-refractivity contribution in [2.24, 2.45) is 5.92 Å². The van der Waals surface area contributed by atoms with Crippen LogP contribution in [0.4, 0.5) is 0 Å². The lowest BCUT2D eigenvalue weighted by Crippen LogP contribution is -2.75. The van der Waals surface area contributed by atoms with E-state index in [1.54, 1.807) is 19.1 Å². The molecule has 149 valence electrons. The summed E-state index contributed by atoms with van der Waals surface area (Å²) in [5.41, 5.74) is 2.33. The van der Waals surface area contributed by atoms with Gasteiger partial charge in [-0.05, 0) is 49.8 Å². The predicted octanol–water partition coefficient (Wildman–Crippen LogP) is 2.67. The number of amides is 1. The summed E-state index contributed by atoms with van der Waals surface area (Å²) < 4.78 is 16.0. The molecule has 0 N–H and O–H groups in total. The highest BCUT2D eigenvalue weighted by Crippen LogP contribution is 2.37. The number of nitrogens with zero attached hydrogens (tertiary/aromatic N) is 2. The van der Waals surface area contributed by atoms with Crippen LogP contribution in [0, 0.1) is 19.8 Å². The third-order valence-corrected chi connectivity index (χ3v) is 5.71. The number of carbonyl (C=O) groups is 1. The number of β-lactam (4-membered cyclic amide) rings is 1. The molecule has 1 amide bonds. The summed E-state index contributed by atoms with van der Waals surface area (Å²) >= 11 is 0. The molecule has 1 saturated carbocycles. The SMILES string of the molecule is [CH2][C@H]1N(COC)C(=O)[C@]1(Cc1cc(CCCC2CC2)c(C)cn1)OCOC. The molecule has 0 unspecified atom stereocenters. The van der Waals surface area contributed by atoms with E-state index in [1.165, 1.54) is 36.8 Å². The van der Waals surface area contributed by atoms with Gasteiger partial charge in [0.15, 0.2) is 5.60 Å². The van der Waals surface area contributed by atoms with Crippen LogP contribution in [0.2, 0.25) is 0 Å². The molecule has 1 radical (unpaired) electrons. The van der Waals surface area contributed by atoms with Crippen molar-refractivity contribution in [2.75, 3.05) is 27.7 Å². The van der Waals surface area contributed by atoms with Crippen LogP contribution in [0.5, 0.6) is 0 Å².